The third-order valence-electron chi connectivity index (χ3n) is 4.30. The molecule has 3 heterocycles. The van der Waals surface area contributed by atoms with E-state index in [1.54, 1.807) is 11.7 Å². The van der Waals surface area contributed by atoms with Gasteiger partial charge in [-0.1, -0.05) is 29.1 Å². The highest BCUT2D eigenvalue weighted by atomic mass is 32.2. The standard InChI is InChI=1S/C19H17N3O3S2/c1-11-13(12(2)25-21-11)10-27-19-20-14-8-9-26-17(14)18(23)22(19)15-6-4-5-7-16(15)24-3/h4-9H,10H2,1-3H3. The number of rotatable bonds is 5. The van der Waals surface area contributed by atoms with Crippen molar-refractivity contribution >= 4 is 33.3 Å². The molecule has 6 nitrogen and oxygen atoms in total. The van der Waals surface area contributed by atoms with Crippen LogP contribution < -0.4 is 10.3 Å². The van der Waals surface area contributed by atoms with Gasteiger partial charge >= 0.3 is 0 Å². The third kappa shape index (κ3) is 3.15. The van der Waals surface area contributed by atoms with E-state index in [4.69, 9.17) is 14.2 Å². The van der Waals surface area contributed by atoms with Crippen molar-refractivity contribution < 1.29 is 9.26 Å². The first-order valence-corrected chi connectivity index (χ1v) is 10.1. The molecule has 0 aliphatic carbocycles. The minimum atomic E-state index is -0.0965. The predicted molar refractivity (Wildman–Crippen MR) is 107 cm³/mol. The van der Waals surface area contributed by atoms with Gasteiger partial charge in [-0.3, -0.25) is 9.36 Å². The highest BCUT2D eigenvalue weighted by molar-refractivity contribution is 7.98. The smallest absolute Gasteiger partial charge is 0.276 e. The zero-order valence-electron chi connectivity index (χ0n) is 15.1. The van der Waals surface area contributed by atoms with Crippen LogP contribution in [0.5, 0.6) is 5.75 Å². The molecule has 0 N–H and O–H groups in total. The first-order chi connectivity index (χ1) is 13.1. The van der Waals surface area contributed by atoms with E-state index in [0.717, 1.165) is 17.0 Å². The quantitative estimate of drug-likeness (QED) is 0.367. The van der Waals surface area contributed by atoms with Crippen molar-refractivity contribution in [3.63, 3.8) is 0 Å². The van der Waals surface area contributed by atoms with Gasteiger partial charge in [-0.05, 0) is 37.4 Å². The first-order valence-electron chi connectivity index (χ1n) is 8.28. The molecule has 4 aromatic rings. The molecule has 0 radical (unpaired) electrons. The lowest BCUT2D eigenvalue weighted by molar-refractivity contribution is 0.392. The largest absolute Gasteiger partial charge is 0.495 e. The lowest BCUT2D eigenvalue weighted by Crippen LogP contribution is -2.21. The van der Waals surface area contributed by atoms with Gasteiger partial charge in [0.1, 0.15) is 16.2 Å². The van der Waals surface area contributed by atoms with Gasteiger partial charge in [0, 0.05) is 11.3 Å². The maximum absolute atomic E-state index is 13.2. The summed E-state index contributed by atoms with van der Waals surface area (Å²) >= 11 is 2.88. The number of hydrogen-bond donors (Lipinski definition) is 0. The highest BCUT2D eigenvalue weighted by Gasteiger charge is 2.18. The van der Waals surface area contributed by atoms with Crippen molar-refractivity contribution in [2.45, 2.75) is 24.8 Å². The Morgan fingerprint density at radius 1 is 1.26 bits per heavy atom. The number of aromatic nitrogens is 3. The van der Waals surface area contributed by atoms with Crippen molar-refractivity contribution in [1.82, 2.24) is 14.7 Å². The minimum Gasteiger partial charge on any atom is -0.495 e. The Kier molecular flexibility index (Phi) is 4.75. The summed E-state index contributed by atoms with van der Waals surface area (Å²) < 4.78 is 13.0. The van der Waals surface area contributed by atoms with E-state index in [2.05, 4.69) is 5.16 Å². The van der Waals surface area contributed by atoms with Crippen molar-refractivity contribution in [3.8, 4) is 11.4 Å². The zero-order chi connectivity index (χ0) is 19.0. The molecule has 0 aliphatic rings. The number of ether oxygens (including phenoxy) is 1. The Bertz CT molecular complexity index is 1160. The summed E-state index contributed by atoms with van der Waals surface area (Å²) in [4.78, 5) is 17.9. The number of aryl methyl sites for hydroxylation is 2. The number of methoxy groups -OCH3 is 1. The molecule has 138 valence electrons. The van der Waals surface area contributed by atoms with Crippen LogP contribution in [0.1, 0.15) is 17.0 Å². The van der Waals surface area contributed by atoms with Crippen LogP contribution in [-0.2, 0) is 5.75 Å². The number of thiophene rings is 1. The average molecular weight is 399 g/mol. The van der Waals surface area contributed by atoms with E-state index in [1.807, 2.05) is 49.6 Å². The van der Waals surface area contributed by atoms with Gasteiger partial charge in [-0.15, -0.1) is 11.3 Å². The first kappa shape index (κ1) is 17.8. The van der Waals surface area contributed by atoms with Crippen molar-refractivity contribution in [2.75, 3.05) is 7.11 Å². The lowest BCUT2D eigenvalue weighted by Gasteiger charge is -2.14. The fraction of sp³-hybridized carbons (Fsp3) is 0.211. The van der Waals surface area contributed by atoms with Crippen LogP contribution in [0.15, 0.2) is 50.2 Å². The molecule has 0 amide bonds. The van der Waals surface area contributed by atoms with Gasteiger partial charge in [0.2, 0.25) is 0 Å². The molecule has 27 heavy (non-hydrogen) atoms. The molecule has 0 fully saturated rings. The second-order valence-electron chi connectivity index (χ2n) is 5.93. The van der Waals surface area contributed by atoms with Gasteiger partial charge in [-0.25, -0.2) is 4.98 Å². The second kappa shape index (κ2) is 7.21. The summed E-state index contributed by atoms with van der Waals surface area (Å²) in [6, 6.07) is 9.32. The predicted octanol–water partition coefficient (Wildman–Crippen LogP) is 4.35. The Morgan fingerprint density at radius 2 is 2.07 bits per heavy atom. The van der Waals surface area contributed by atoms with Crippen LogP contribution >= 0.6 is 23.1 Å². The summed E-state index contributed by atoms with van der Waals surface area (Å²) in [5.74, 6) is 2.01. The monoisotopic (exact) mass is 399 g/mol. The Hall–Kier alpha value is -2.58. The van der Waals surface area contributed by atoms with Crippen molar-refractivity contribution in [2.24, 2.45) is 0 Å². The lowest BCUT2D eigenvalue weighted by atomic mass is 10.2. The summed E-state index contributed by atoms with van der Waals surface area (Å²) in [6.07, 6.45) is 0. The van der Waals surface area contributed by atoms with Gasteiger partial charge in [-0.2, -0.15) is 0 Å². The van der Waals surface area contributed by atoms with E-state index in [-0.39, 0.29) is 5.56 Å². The fourth-order valence-corrected chi connectivity index (χ4v) is 4.78. The van der Waals surface area contributed by atoms with E-state index in [9.17, 15) is 4.79 Å². The van der Waals surface area contributed by atoms with E-state index < -0.39 is 0 Å². The molecule has 0 saturated heterocycles. The second-order valence-corrected chi connectivity index (χ2v) is 7.79. The summed E-state index contributed by atoms with van der Waals surface area (Å²) in [5.41, 5.74) is 3.15. The molecule has 0 atom stereocenters. The molecule has 0 unspecified atom stereocenters. The summed E-state index contributed by atoms with van der Waals surface area (Å²) in [5, 5.41) is 6.49. The number of thioether (sulfide) groups is 1. The van der Waals surface area contributed by atoms with Crippen LogP contribution in [0.3, 0.4) is 0 Å². The van der Waals surface area contributed by atoms with Crippen LogP contribution in [0, 0.1) is 13.8 Å². The minimum absolute atomic E-state index is 0.0965. The highest BCUT2D eigenvalue weighted by Crippen LogP contribution is 2.30. The van der Waals surface area contributed by atoms with Crippen molar-refractivity contribution in [3.05, 3.63) is 63.1 Å². The molecule has 3 aromatic heterocycles. The van der Waals surface area contributed by atoms with Crippen LogP contribution in [0.25, 0.3) is 15.9 Å². The molecule has 1 aromatic carbocycles. The van der Waals surface area contributed by atoms with E-state index in [1.165, 1.54) is 23.1 Å². The molecule has 0 saturated carbocycles. The number of benzene rings is 1. The van der Waals surface area contributed by atoms with Crippen LogP contribution in [0.2, 0.25) is 0 Å². The normalized spacial score (nSPS) is 11.2. The van der Waals surface area contributed by atoms with E-state index >= 15 is 0 Å². The van der Waals surface area contributed by atoms with Gasteiger partial charge in [0.15, 0.2) is 5.16 Å². The number of hydrogen-bond acceptors (Lipinski definition) is 7. The van der Waals surface area contributed by atoms with Crippen LogP contribution in [-0.4, -0.2) is 21.8 Å². The molecule has 8 heteroatoms. The summed E-state index contributed by atoms with van der Waals surface area (Å²) in [7, 11) is 1.59. The Labute approximate surface area is 163 Å². The SMILES string of the molecule is COc1ccccc1-n1c(SCc2c(C)noc2C)nc2ccsc2c1=O. The van der Waals surface area contributed by atoms with Crippen molar-refractivity contribution in [1.29, 1.82) is 0 Å². The maximum Gasteiger partial charge on any atom is 0.276 e. The zero-order valence-corrected chi connectivity index (χ0v) is 16.7. The van der Waals surface area contributed by atoms with Gasteiger partial charge < -0.3 is 9.26 Å². The number of para-hydroxylation sites is 2. The van der Waals surface area contributed by atoms with Crippen LogP contribution in [0.4, 0.5) is 0 Å². The molecule has 4 rings (SSSR count). The summed E-state index contributed by atoms with van der Waals surface area (Å²) in [6.45, 7) is 3.80. The number of fused-ring (bicyclic) bond motifs is 1. The average Bonchev–Trinajstić information content (AvgIpc) is 3.27. The fourth-order valence-electron chi connectivity index (χ4n) is 2.86. The van der Waals surface area contributed by atoms with E-state index in [0.29, 0.717) is 32.6 Å². The molecule has 0 spiro atoms. The van der Waals surface area contributed by atoms with Gasteiger partial charge in [0.25, 0.3) is 5.56 Å². The van der Waals surface area contributed by atoms with Gasteiger partial charge in [0.05, 0.1) is 24.0 Å². The Balaban J connectivity index is 1.87. The topological polar surface area (TPSA) is 70.2 Å². The maximum atomic E-state index is 13.2. The molecule has 0 aliphatic heterocycles. The molecular formula is C19H17N3O3S2. The molecular weight excluding hydrogens is 382 g/mol. The molecule has 0 bridgehead atoms. The number of nitrogens with zero attached hydrogens (tertiary/aromatic N) is 3. The third-order valence-corrected chi connectivity index (χ3v) is 6.16. The Morgan fingerprint density at radius 3 is 2.81 bits per heavy atom.